The van der Waals surface area contributed by atoms with Gasteiger partial charge in [0.25, 0.3) is 0 Å². The van der Waals surface area contributed by atoms with E-state index in [9.17, 15) is 5.11 Å². The van der Waals surface area contributed by atoms with Gasteiger partial charge in [-0.1, -0.05) is 0 Å². The molecule has 138 valence electrons. The quantitative estimate of drug-likeness (QED) is 0.846. The first kappa shape index (κ1) is 17.2. The third-order valence-electron chi connectivity index (χ3n) is 6.19. The van der Waals surface area contributed by atoms with E-state index < -0.39 is 0 Å². The molecule has 6 heteroatoms. The fraction of sp³-hybridized carbons (Fsp3) is 0.789. The first-order valence-electron chi connectivity index (χ1n) is 9.98. The molecule has 2 N–H and O–H groups in total. The molecule has 2 fully saturated rings. The lowest BCUT2D eigenvalue weighted by Gasteiger charge is -2.42. The topological polar surface area (TPSA) is 64.5 Å². The van der Waals surface area contributed by atoms with Crippen LogP contribution in [-0.2, 0) is 12.8 Å². The molecule has 3 aliphatic heterocycles. The Balaban J connectivity index is 1.41. The summed E-state index contributed by atoms with van der Waals surface area (Å²) in [5.74, 6) is 1.66. The van der Waals surface area contributed by atoms with Gasteiger partial charge in [-0.3, -0.25) is 4.90 Å². The summed E-state index contributed by atoms with van der Waals surface area (Å²) in [5.41, 5.74) is 2.60. The zero-order chi connectivity index (χ0) is 17.1. The summed E-state index contributed by atoms with van der Waals surface area (Å²) in [5, 5.41) is 12.9. The molecule has 2 saturated heterocycles. The summed E-state index contributed by atoms with van der Waals surface area (Å²) in [7, 11) is 0. The summed E-state index contributed by atoms with van der Waals surface area (Å²) in [6, 6.07) is 0.674. The smallest absolute Gasteiger partial charge is 0.135 e. The van der Waals surface area contributed by atoms with Gasteiger partial charge < -0.3 is 15.3 Å². The Morgan fingerprint density at radius 1 is 1.08 bits per heavy atom. The molecule has 1 aromatic rings. The van der Waals surface area contributed by atoms with E-state index in [2.05, 4.69) is 25.1 Å². The van der Waals surface area contributed by atoms with Crippen molar-refractivity contribution in [3.05, 3.63) is 17.6 Å². The molecule has 0 aromatic carbocycles. The molecular formula is C19H31N5O. The Morgan fingerprint density at radius 3 is 2.76 bits per heavy atom. The minimum Gasteiger partial charge on any atom is -0.396 e. The number of rotatable bonds is 3. The average molecular weight is 345 g/mol. The number of fused-ring (bicyclic) bond motifs is 1. The third kappa shape index (κ3) is 3.81. The molecule has 0 saturated carbocycles. The van der Waals surface area contributed by atoms with Crippen LogP contribution in [0.15, 0.2) is 6.33 Å². The molecule has 3 aliphatic rings. The molecule has 0 bridgehead atoms. The molecule has 0 spiro atoms. The van der Waals surface area contributed by atoms with E-state index in [1.165, 1.54) is 49.3 Å². The van der Waals surface area contributed by atoms with Crippen molar-refractivity contribution in [1.29, 1.82) is 0 Å². The fourth-order valence-electron chi connectivity index (χ4n) is 4.75. The largest absolute Gasteiger partial charge is 0.396 e. The molecule has 0 unspecified atom stereocenters. The molecule has 4 rings (SSSR count). The first-order chi connectivity index (χ1) is 12.3. The van der Waals surface area contributed by atoms with Crippen LogP contribution in [0.4, 0.5) is 5.82 Å². The lowest BCUT2D eigenvalue weighted by atomic mass is 9.94. The third-order valence-corrected chi connectivity index (χ3v) is 6.19. The summed E-state index contributed by atoms with van der Waals surface area (Å²) in [6.45, 7) is 6.85. The minimum absolute atomic E-state index is 0.344. The number of likely N-dealkylation sites (tertiary alicyclic amines) is 1. The van der Waals surface area contributed by atoms with E-state index in [-0.39, 0.29) is 0 Å². The van der Waals surface area contributed by atoms with E-state index in [1.54, 1.807) is 6.33 Å². The maximum Gasteiger partial charge on any atom is 0.135 e. The van der Waals surface area contributed by atoms with Gasteiger partial charge in [0.05, 0.1) is 5.69 Å². The van der Waals surface area contributed by atoms with Crippen LogP contribution in [0, 0.1) is 5.92 Å². The summed E-state index contributed by atoms with van der Waals surface area (Å²) in [6.07, 6.45) is 8.63. The zero-order valence-corrected chi connectivity index (χ0v) is 15.2. The number of piperidine rings is 2. The summed E-state index contributed by atoms with van der Waals surface area (Å²) in [4.78, 5) is 14.3. The SMILES string of the molecule is OC[C@H]1CCCN(C2CCN(c3ncnc4c3CCNCC4)CC2)C1. The predicted molar refractivity (Wildman–Crippen MR) is 98.9 cm³/mol. The van der Waals surface area contributed by atoms with Gasteiger partial charge in [0.15, 0.2) is 0 Å². The van der Waals surface area contributed by atoms with E-state index in [0.717, 1.165) is 45.6 Å². The van der Waals surface area contributed by atoms with E-state index in [4.69, 9.17) is 0 Å². The van der Waals surface area contributed by atoms with Crippen molar-refractivity contribution in [3.8, 4) is 0 Å². The summed E-state index contributed by atoms with van der Waals surface area (Å²) < 4.78 is 0. The van der Waals surface area contributed by atoms with E-state index in [0.29, 0.717) is 18.6 Å². The van der Waals surface area contributed by atoms with E-state index >= 15 is 0 Å². The number of nitrogens with one attached hydrogen (secondary N) is 1. The first-order valence-corrected chi connectivity index (χ1v) is 9.98. The van der Waals surface area contributed by atoms with Crippen LogP contribution in [0.2, 0.25) is 0 Å². The molecule has 0 radical (unpaired) electrons. The molecule has 25 heavy (non-hydrogen) atoms. The molecule has 1 aromatic heterocycles. The summed E-state index contributed by atoms with van der Waals surface area (Å²) >= 11 is 0. The van der Waals surface area contributed by atoms with Crippen LogP contribution in [0.25, 0.3) is 0 Å². The van der Waals surface area contributed by atoms with Crippen molar-refractivity contribution in [2.45, 2.75) is 44.6 Å². The second-order valence-corrected chi connectivity index (χ2v) is 7.78. The lowest BCUT2D eigenvalue weighted by molar-refractivity contribution is 0.0777. The van der Waals surface area contributed by atoms with Gasteiger partial charge in [0.1, 0.15) is 12.1 Å². The highest BCUT2D eigenvalue weighted by Crippen LogP contribution is 2.28. The number of hydrogen-bond donors (Lipinski definition) is 2. The standard InChI is InChI=1S/C19H31N5O/c25-13-15-2-1-9-24(12-15)16-5-10-23(11-6-16)19-17-3-7-20-8-4-18(17)21-14-22-19/h14-16,20,25H,1-13H2/t15-/m0/s1. The maximum absolute atomic E-state index is 9.48. The van der Waals surface area contributed by atoms with Crippen molar-refractivity contribution in [1.82, 2.24) is 20.2 Å². The van der Waals surface area contributed by atoms with Crippen LogP contribution in [0.1, 0.15) is 36.9 Å². The molecule has 4 heterocycles. The van der Waals surface area contributed by atoms with Crippen molar-refractivity contribution < 1.29 is 5.11 Å². The highest BCUT2D eigenvalue weighted by atomic mass is 16.3. The Labute approximate surface area is 150 Å². The Morgan fingerprint density at radius 2 is 1.92 bits per heavy atom. The number of hydrogen-bond acceptors (Lipinski definition) is 6. The van der Waals surface area contributed by atoms with Crippen LogP contribution >= 0.6 is 0 Å². The van der Waals surface area contributed by atoms with Crippen LogP contribution < -0.4 is 10.2 Å². The molecular weight excluding hydrogens is 314 g/mol. The van der Waals surface area contributed by atoms with Gasteiger partial charge in [0.2, 0.25) is 0 Å². The maximum atomic E-state index is 9.48. The molecule has 0 aliphatic carbocycles. The van der Waals surface area contributed by atoms with Crippen molar-refractivity contribution in [3.63, 3.8) is 0 Å². The molecule has 6 nitrogen and oxygen atoms in total. The van der Waals surface area contributed by atoms with Gasteiger partial charge in [-0.2, -0.15) is 0 Å². The highest BCUT2D eigenvalue weighted by Gasteiger charge is 2.30. The average Bonchev–Trinajstić information content (AvgIpc) is 2.93. The second kappa shape index (κ2) is 7.98. The van der Waals surface area contributed by atoms with Gasteiger partial charge >= 0.3 is 0 Å². The van der Waals surface area contributed by atoms with Gasteiger partial charge in [-0.05, 0) is 51.1 Å². The normalized spacial score (nSPS) is 26.3. The predicted octanol–water partition coefficient (Wildman–Crippen LogP) is 0.838. The number of aliphatic hydroxyl groups excluding tert-OH is 1. The number of aromatic nitrogens is 2. The van der Waals surface area contributed by atoms with E-state index in [1.807, 2.05) is 0 Å². The number of nitrogens with zero attached hydrogens (tertiary/aromatic N) is 4. The fourth-order valence-corrected chi connectivity index (χ4v) is 4.75. The van der Waals surface area contributed by atoms with Crippen LogP contribution in [-0.4, -0.2) is 71.9 Å². The Bertz CT molecular complexity index is 573. The van der Waals surface area contributed by atoms with Gasteiger partial charge in [0, 0.05) is 50.8 Å². The van der Waals surface area contributed by atoms with Gasteiger partial charge in [-0.25, -0.2) is 9.97 Å². The zero-order valence-electron chi connectivity index (χ0n) is 15.2. The van der Waals surface area contributed by atoms with Crippen LogP contribution in [0.3, 0.4) is 0 Å². The highest BCUT2D eigenvalue weighted by molar-refractivity contribution is 5.49. The van der Waals surface area contributed by atoms with Gasteiger partial charge in [-0.15, -0.1) is 0 Å². The number of aliphatic hydroxyl groups is 1. The molecule has 0 amide bonds. The Hall–Kier alpha value is -1.24. The lowest BCUT2D eigenvalue weighted by Crippen LogP contribution is -2.49. The monoisotopic (exact) mass is 345 g/mol. The molecule has 1 atom stereocenters. The second-order valence-electron chi connectivity index (χ2n) is 7.78. The van der Waals surface area contributed by atoms with Crippen LogP contribution in [0.5, 0.6) is 0 Å². The van der Waals surface area contributed by atoms with Crippen molar-refractivity contribution in [2.24, 2.45) is 5.92 Å². The Kier molecular flexibility index (Phi) is 5.48. The van der Waals surface area contributed by atoms with Crippen molar-refractivity contribution >= 4 is 5.82 Å². The van der Waals surface area contributed by atoms with Crippen molar-refractivity contribution in [2.75, 3.05) is 50.8 Å². The number of anilines is 1. The minimum atomic E-state index is 0.344.